The first-order chi connectivity index (χ1) is 9.06. The van der Waals surface area contributed by atoms with Gasteiger partial charge in [0.15, 0.2) is 0 Å². The van der Waals surface area contributed by atoms with Crippen LogP contribution in [0.2, 0.25) is 0 Å². The molecule has 0 aromatic heterocycles. The first-order valence-corrected chi connectivity index (χ1v) is 8.30. The van der Waals surface area contributed by atoms with E-state index in [1.165, 1.54) is 22.3 Å². The van der Waals surface area contributed by atoms with Crippen molar-refractivity contribution in [3.8, 4) is 11.5 Å². The molecule has 0 unspecified atom stereocenters. The van der Waals surface area contributed by atoms with Crippen molar-refractivity contribution in [3.63, 3.8) is 0 Å². The molecule has 0 N–H and O–H groups in total. The van der Waals surface area contributed by atoms with Gasteiger partial charge < -0.3 is 24.8 Å². The van der Waals surface area contributed by atoms with E-state index in [0.29, 0.717) is 0 Å². The van der Waals surface area contributed by atoms with Gasteiger partial charge in [0.25, 0.3) is 0 Å². The van der Waals surface area contributed by atoms with Crippen molar-refractivity contribution in [1.29, 1.82) is 0 Å². The van der Waals surface area contributed by atoms with Gasteiger partial charge in [-0.1, -0.05) is 0 Å². The predicted molar refractivity (Wildman–Crippen MR) is 73.1 cm³/mol. The van der Waals surface area contributed by atoms with Gasteiger partial charge in [0, 0.05) is 0 Å². The first kappa shape index (κ1) is 20.5. The van der Waals surface area contributed by atoms with Crippen LogP contribution in [0.25, 0.3) is 0 Å². The fourth-order valence-corrected chi connectivity index (χ4v) is 3.61. The van der Waals surface area contributed by atoms with E-state index in [4.69, 9.17) is 5.63 Å². The van der Waals surface area contributed by atoms with Crippen LogP contribution in [0.3, 0.4) is 0 Å². The summed E-state index contributed by atoms with van der Waals surface area (Å²) in [7, 11) is 0. The molecule has 2 nitrogen and oxygen atoms in total. The second kappa shape index (κ2) is 9.51. The summed E-state index contributed by atoms with van der Waals surface area (Å²) in [6, 6.07) is 12.4. The second-order valence-electron chi connectivity index (χ2n) is 4.83. The van der Waals surface area contributed by atoms with Crippen molar-refractivity contribution in [2.24, 2.45) is 0 Å². The van der Waals surface area contributed by atoms with Gasteiger partial charge in [0.1, 0.15) is 0 Å². The van der Waals surface area contributed by atoms with Crippen LogP contribution in [0.1, 0.15) is 22.3 Å². The van der Waals surface area contributed by atoms with Crippen LogP contribution in [0.15, 0.2) is 36.4 Å². The Labute approximate surface area is 151 Å². The summed E-state index contributed by atoms with van der Waals surface area (Å²) in [5.74, 6) is 1.89. The van der Waals surface area contributed by atoms with Gasteiger partial charge in [-0.2, -0.15) is 0 Å². The van der Waals surface area contributed by atoms with E-state index in [9.17, 15) is 0 Å². The van der Waals surface area contributed by atoms with Gasteiger partial charge >= 0.3 is 128 Å². The standard InChI is InChI=1S/2C8H10O.2ClH.Zr/c2*1-6-3-4-8(9)7(2)5-6;;;/h2*3-5,9H,1-2H3;2*1H;/q;;;;+4/p-4. The zero-order chi connectivity index (χ0) is 13.8. The Morgan fingerprint density at radius 2 is 1.05 bits per heavy atom. The Morgan fingerprint density at radius 1 is 0.667 bits per heavy atom. The van der Waals surface area contributed by atoms with Crippen molar-refractivity contribution in [1.82, 2.24) is 0 Å². The van der Waals surface area contributed by atoms with E-state index < -0.39 is 24.1 Å². The quantitative estimate of drug-likeness (QED) is 0.605. The molecule has 0 atom stereocenters. The second-order valence-corrected chi connectivity index (χ2v) is 6.24. The van der Waals surface area contributed by atoms with Crippen molar-refractivity contribution in [3.05, 3.63) is 58.7 Å². The SMILES string of the molecule is Cc1ccc([O][Zr+2][O]c2ccc(C)cc2C)c(C)c1.[Cl-].[Cl-]. The summed E-state index contributed by atoms with van der Waals surface area (Å²) in [5, 5.41) is 0. The van der Waals surface area contributed by atoms with Gasteiger partial charge in [0.05, 0.1) is 0 Å². The average Bonchev–Trinajstić information content (AvgIpc) is 2.34. The van der Waals surface area contributed by atoms with E-state index in [-0.39, 0.29) is 24.8 Å². The minimum absolute atomic E-state index is 0. The fourth-order valence-electron chi connectivity index (χ4n) is 1.94. The minimum atomic E-state index is -1.34. The zero-order valence-corrected chi connectivity index (χ0v) is 16.5. The molecular formula is C16H18Cl2O2Zr. The van der Waals surface area contributed by atoms with Crippen LogP contribution in [-0.2, 0) is 24.1 Å². The molecule has 2 aromatic carbocycles. The maximum absolute atomic E-state index is 5.83. The number of rotatable bonds is 4. The average molecular weight is 404 g/mol. The predicted octanol–water partition coefficient (Wildman–Crippen LogP) is -1.70. The molecule has 2 aromatic rings. The monoisotopic (exact) mass is 402 g/mol. The van der Waals surface area contributed by atoms with Crippen LogP contribution < -0.4 is 30.4 Å². The van der Waals surface area contributed by atoms with Crippen LogP contribution in [0.5, 0.6) is 11.5 Å². The first-order valence-electron chi connectivity index (χ1n) is 6.29. The van der Waals surface area contributed by atoms with Crippen molar-refractivity contribution < 1.29 is 54.6 Å². The van der Waals surface area contributed by atoms with Gasteiger partial charge in [-0.15, -0.1) is 0 Å². The maximum Gasteiger partial charge on any atom is -1.00 e. The van der Waals surface area contributed by atoms with Gasteiger partial charge in [0.2, 0.25) is 0 Å². The Balaban J connectivity index is 0.00000200. The molecule has 0 fully saturated rings. The Hall–Kier alpha value is -0.497. The summed E-state index contributed by atoms with van der Waals surface area (Å²) in [6.45, 7) is 8.31. The van der Waals surface area contributed by atoms with Gasteiger partial charge in [-0.05, 0) is 0 Å². The summed E-state index contributed by atoms with van der Waals surface area (Å²) in [6.07, 6.45) is 0. The van der Waals surface area contributed by atoms with E-state index in [2.05, 4.69) is 52.0 Å². The third-order valence-electron chi connectivity index (χ3n) is 2.96. The van der Waals surface area contributed by atoms with Crippen LogP contribution in [-0.4, -0.2) is 0 Å². The van der Waals surface area contributed by atoms with Gasteiger partial charge in [-0.25, -0.2) is 0 Å². The summed E-state index contributed by atoms with van der Waals surface area (Å²) in [5.41, 5.74) is 4.85. The van der Waals surface area contributed by atoms with Crippen molar-refractivity contribution in [2.75, 3.05) is 0 Å². The fraction of sp³-hybridized carbons (Fsp3) is 0.250. The van der Waals surface area contributed by atoms with Crippen LogP contribution >= 0.6 is 0 Å². The van der Waals surface area contributed by atoms with Gasteiger partial charge in [-0.3, -0.25) is 0 Å². The van der Waals surface area contributed by atoms with Crippen molar-refractivity contribution >= 4 is 0 Å². The number of aryl methyl sites for hydroxylation is 4. The number of benzene rings is 2. The maximum atomic E-state index is 5.83. The third-order valence-corrected chi connectivity index (χ3v) is 4.45. The molecule has 0 bridgehead atoms. The molecule has 21 heavy (non-hydrogen) atoms. The molecule has 5 heteroatoms. The Morgan fingerprint density at radius 3 is 1.38 bits per heavy atom. The summed E-state index contributed by atoms with van der Waals surface area (Å²) >= 11 is -1.34. The largest absolute Gasteiger partial charge is 1.00 e. The molecule has 0 amide bonds. The smallest absolute Gasteiger partial charge is 1.00 e. The van der Waals surface area contributed by atoms with Crippen LogP contribution in [0, 0.1) is 27.7 Å². The minimum Gasteiger partial charge on any atom is -1.00 e. The van der Waals surface area contributed by atoms with E-state index in [0.717, 1.165) is 11.5 Å². The Kier molecular flexibility index (Phi) is 9.28. The summed E-state index contributed by atoms with van der Waals surface area (Å²) < 4.78 is 11.7. The molecule has 2 rings (SSSR count). The number of hydrogen-bond donors (Lipinski definition) is 0. The molecule has 0 saturated carbocycles. The zero-order valence-electron chi connectivity index (χ0n) is 12.5. The molecule has 0 heterocycles. The van der Waals surface area contributed by atoms with Crippen LogP contribution in [0.4, 0.5) is 0 Å². The molecule has 0 saturated heterocycles. The molecule has 112 valence electrons. The molecular weight excluding hydrogens is 386 g/mol. The molecule has 0 aliphatic rings. The molecule has 0 aliphatic heterocycles. The number of hydrogen-bond acceptors (Lipinski definition) is 2. The topological polar surface area (TPSA) is 18.5 Å². The van der Waals surface area contributed by atoms with E-state index >= 15 is 0 Å². The third kappa shape index (κ3) is 6.02. The van der Waals surface area contributed by atoms with E-state index in [1.54, 1.807) is 0 Å². The Bertz CT molecular complexity index is 537. The summed E-state index contributed by atoms with van der Waals surface area (Å²) in [4.78, 5) is 0. The number of halogens is 2. The molecule has 0 aliphatic carbocycles. The van der Waals surface area contributed by atoms with Crippen molar-refractivity contribution in [2.45, 2.75) is 27.7 Å². The molecule has 0 spiro atoms. The van der Waals surface area contributed by atoms with E-state index in [1.807, 2.05) is 12.1 Å². The normalized spacial score (nSPS) is 8.95. The molecule has 0 radical (unpaired) electrons.